The van der Waals surface area contributed by atoms with Crippen LogP contribution in [0.5, 0.6) is 5.75 Å². The number of methoxy groups -OCH3 is 1. The fraction of sp³-hybridized carbons (Fsp3) is 0.515. The lowest BCUT2D eigenvalue weighted by molar-refractivity contribution is -0.131. The predicted molar refractivity (Wildman–Crippen MR) is 165 cm³/mol. The summed E-state index contributed by atoms with van der Waals surface area (Å²) in [6.07, 6.45) is 10.4. The molecule has 1 fully saturated rings. The predicted octanol–water partition coefficient (Wildman–Crippen LogP) is 6.36. The van der Waals surface area contributed by atoms with Gasteiger partial charge in [-0.25, -0.2) is 4.79 Å². The third kappa shape index (κ3) is 9.70. The van der Waals surface area contributed by atoms with E-state index in [4.69, 9.17) is 4.74 Å². The van der Waals surface area contributed by atoms with E-state index in [1.54, 1.807) is 7.11 Å². The first-order valence-electron chi connectivity index (χ1n) is 14.8. The first-order chi connectivity index (χ1) is 19.4. The van der Waals surface area contributed by atoms with Crippen molar-refractivity contribution >= 4 is 23.7 Å². The third-order valence-corrected chi connectivity index (χ3v) is 7.67. The number of aryl methyl sites for hydroxylation is 2. The largest absolute Gasteiger partial charge is 0.496 e. The SMILES string of the molecule is CCCCCCCC(=O)N(CC=Cc1ccccc1OC)CCN1CCN(C(=O)Nc2c(C)cccc2C)CC1. The maximum Gasteiger partial charge on any atom is 0.321 e. The Labute approximate surface area is 241 Å². The zero-order chi connectivity index (χ0) is 28.7. The molecule has 0 aromatic heterocycles. The zero-order valence-corrected chi connectivity index (χ0v) is 25.0. The summed E-state index contributed by atoms with van der Waals surface area (Å²) >= 11 is 0. The first kappa shape index (κ1) is 31.2. The van der Waals surface area contributed by atoms with E-state index in [2.05, 4.69) is 23.2 Å². The molecule has 1 N–H and O–H groups in total. The Bertz CT molecular complexity index is 1090. The number of carbonyl (C=O) groups excluding carboxylic acids is 2. The average Bonchev–Trinajstić information content (AvgIpc) is 2.97. The average molecular weight is 549 g/mol. The number of amides is 3. The van der Waals surface area contributed by atoms with Crippen molar-refractivity contribution in [3.05, 3.63) is 65.2 Å². The molecule has 1 heterocycles. The smallest absolute Gasteiger partial charge is 0.321 e. The minimum atomic E-state index is -0.0431. The zero-order valence-electron chi connectivity index (χ0n) is 25.0. The molecule has 1 saturated heterocycles. The fourth-order valence-electron chi connectivity index (χ4n) is 5.10. The highest BCUT2D eigenvalue weighted by atomic mass is 16.5. The van der Waals surface area contributed by atoms with E-state index < -0.39 is 0 Å². The Hall–Kier alpha value is -3.32. The summed E-state index contributed by atoms with van der Waals surface area (Å²) in [5, 5.41) is 3.10. The molecule has 0 bridgehead atoms. The summed E-state index contributed by atoms with van der Waals surface area (Å²) < 4.78 is 5.46. The monoisotopic (exact) mass is 548 g/mol. The number of rotatable bonds is 14. The number of benzene rings is 2. The Kier molecular flexibility index (Phi) is 13.0. The van der Waals surface area contributed by atoms with Gasteiger partial charge < -0.3 is 19.9 Å². The van der Waals surface area contributed by atoms with Gasteiger partial charge in [-0.1, -0.05) is 81.2 Å². The van der Waals surface area contributed by atoms with E-state index in [9.17, 15) is 9.59 Å². The van der Waals surface area contributed by atoms with E-state index in [0.717, 1.165) is 60.6 Å². The third-order valence-electron chi connectivity index (χ3n) is 7.67. The van der Waals surface area contributed by atoms with Crippen molar-refractivity contribution in [1.82, 2.24) is 14.7 Å². The molecular weight excluding hydrogens is 500 g/mol. The van der Waals surface area contributed by atoms with Gasteiger partial charge >= 0.3 is 6.03 Å². The van der Waals surface area contributed by atoms with E-state index in [0.29, 0.717) is 32.6 Å². The maximum absolute atomic E-state index is 13.2. The molecule has 0 radical (unpaired) electrons. The molecule has 40 heavy (non-hydrogen) atoms. The Morgan fingerprint density at radius 1 is 0.950 bits per heavy atom. The van der Waals surface area contributed by atoms with Crippen LogP contribution in [0.2, 0.25) is 0 Å². The van der Waals surface area contributed by atoms with Crippen LogP contribution < -0.4 is 10.1 Å². The minimum Gasteiger partial charge on any atom is -0.496 e. The van der Waals surface area contributed by atoms with Crippen molar-refractivity contribution in [2.24, 2.45) is 0 Å². The number of nitrogens with zero attached hydrogens (tertiary/aromatic N) is 3. The molecule has 2 aromatic rings. The summed E-state index contributed by atoms with van der Waals surface area (Å²) in [7, 11) is 1.67. The second-order valence-electron chi connectivity index (χ2n) is 10.7. The lowest BCUT2D eigenvalue weighted by Crippen LogP contribution is -2.51. The number of piperazine rings is 1. The molecule has 1 aliphatic rings. The summed E-state index contributed by atoms with van der Waals surface area (Å²) in [5.74, 6) is 1.04. The highest BCUT2D eigenvalue weighted by Crippen LogP contribution is 2.21. The number of hydrogen-bond donors (Lipinski definition) is 1. The van der Waals surface area contributed by atoms with E-state index in [-0.39, 0.29) is 11.9 Å². The van der Waals surface area contributed by atoms with Gasteiger partial charge in [0.15, 0.2) is 0 Å². The number of anilines is 1. The second-order valence-corrected chi connectivity index (χ2v) is 10.7. The molecule has 0 atom stereocenters. The van der Waals surface area contributed by atoms with Gasteiger partial charge in [0.05, 0.1) is 7.11 Å². The van der Waals surface area contributed by atoms with Crippen LogP contribution in [0, 0.1) is 13.8 Å². The molecule has 0 aliphatic carbocycles. The highest BCUT2D eigenvalue weighted by Gasteiger charge is 2.23. The van der Waals surface area contributed by atoms with Crippen molar-refractivity contribution < 1.29 is 14.3 Å². The van der Waals surface area contributed by atoms with Gasteiger partial charge in [-0.05, 0) is 37.5 Å². The Morgan fingerprint density at radius 3 is 2.35 bits per heavy atom. The summed E-state index contributed by atoms with van der Waals surface area (Å²) in [6.45, 7) is 11.3. The molecule has 1 aliphatic heterocycles. The number of urea groups is 1. The lowest BCUT2D eigenvalue weighted by Gasteiger charge is -2.36. The molecule has 218 valence electrons. The fourth-order valence-corrected chi connectivity index (χ4v) is 5.10. The number of hydrogen-bond acceptors (Lipinski definition) is 4. The Morgan fingerprint density at radius 2 is 1.65 bits per heavy atom. The van der Waals surface area contributed by atoms with Gasteiger partial charge in [0, 0.05) is 63.5 Å². The van der Waals surface area contributed by atoms with Crippen LogP contribution in [0.4, 0.5) is 10.5 Å². The quantitative estimate of drug-likeness (QED) is 0.279. The molecule has 3 amide bonds. The van der Waals surface area contributed by atoms with Gasteiger partial charge in [0.2, 0.25) is 5.91 Å². The number of unbranched alkanes of at least 4 members (excludes halogenated alkanes) is 4. The summed E-state index contributed by atoms with van der Waals surface area (Å²) in [5.41, 5.74) is 4.05. The topological polar surface area (TPSA) is 65.1 Å². The van der Waals surface area contributed by atoms with Crippen LogP contribution in [0.25, 0.3) is 6.08 Å². The highest BCUT2D eigenvalue weighted by molar-refractivity contribution is 5.91. The minimum absolute atomic E-state index is 0.0431. The molecule has 2 aromatic carbocycles. The lowest BCUT2D eigenvalue weighted by atomic mass is 10.1. The van der Waals surface area contributed by atoms with E-state index in [1.807, 2.05) is 72.2 Å². The summed E-state index contributed by atoms with van der Waals surface area (Å²) in [6, 6.07) is 13.9. The second kappa shape index (κ2) is 16.7. The summed E-state index contributed by atoms with van der Waals surface area (Å²) in [4.78, 5) is 32.3. The van der Waals surface area contributed by atoms with Crippen molar-refractivity contribution in [2.75, 3.05) is 58.2 Å². The van der Waals surface area contributed by atoms with Gasteiger partial charge in [0.1, 0.15) is 5.75 Å². The van der Waals surface area contributed by atoms with Crippen LogP contribution in [0.1, 0.15) is 62.1 Å². The van der Waals surface area contributed by atoms with Gasteiger partial charge in [0.25, 0.3) is 0 Å². The molecule has 0 spiro atoms. The van der Waals surface area contributed by atoms with Gasteiger partial charge in [-0.3, -0.25) is 9.69 Å². The van der Waals surface area contributed by atoms with Crippen LogP contribution in [0.3, 0.4) is 0 Å². The van der Waals surface area contributed by atoms with Gasteiger partial charge in [-0.2, -0.15) is 0 Å². The normalized spacial score (nSPS) is 13.9. The van der Waals surface area contributed by atoms with Crippen LogP contribution in [-0.2, 0) is 4.79 Å². The van der Waals surface area contributed by atoms with Crippen molar-refractivity contribution in [3.63, 3.8) is 0 Å². The number of nitrogens with one attached hydrogen (secondary N) is 1. The molecular formula is C33H48N4O3. The van der Waals surface area contributed by atoms with Crippen molar-refractivity contribution in [1.29, 1.82) is 0 Å². The number of ether oxygens (including phenoxy) is 1. The van der Waals surface area contributed by atoms with Crippen LogP contribution >= 0.6 is 0 Å². The van der Waals surface area contributed by atoms with Gasteiger partial charge in [-0.15, -0.1) is 0 Å². The molecule has 7 nitrogen and oxygen atoms in total. The van der Waals surface area contributed by atoms with E-state index in [1.165, 1.54) is 19.3 Å². The van der Waals surface area contributed by atoms with E-state index >= 15 is 0 Å². The van der Waals surface area contributed by atoms with Crippen LogP contribution in [-0.4, -0.2) is 79.6 Å². The van der Waals surface area contributed by atoms with Crippen molar-refractivity contribution in [3.8, 4) is 5.75 Å². The van der Waals surface area contributed by atoms with Crippen molar-refractivity contribution in [2.45, 2.75) is 59.3 Å². The Balaban J connectivity index is 1.52. The molecule has 0 unspecified atom stereocenters. The molecule has 7 heteroatoms. The molecule has 0 saturated carbocycles. The molecule has 3 rings (SSSR count). The maximum atomic E-state index is 13.2. The number of para-hydroxylation sites is 2. The van der Waals surface area contributed by atoms with Crippen LogP contribution in [0.15, 0.2) is 48.5 Å². The standard InChI is InChI=1S/C33H48N4O3/c1-5-6-7-8-9-19-31(38)36(20-13-17-29-16-10-11-18-30(29)40-4)24-21-35-22-25-37(26-23-35)33(39)34-32-27(2)14-12-15-28(32)3/h10-18H,5-9,19-26H2,1-4H3,(H,34,39). The first-order valence-corrected chi connectivity index (χ1v) is 14.8. The number of carbonyl (C=O) groups is 2.